The highest BCUT2D eigenvalue weighted by Crippen LogP contribution is 2.18. The Morgan fingerprint density at radius 2 is 1.95 bits per heavy atom. The minimum atomic E-state index is -1.13. The van der Waals surface area contributed by atoms with Crippen molar-refractivity contribution in [3.05, 3.63) is 64.2 Å². The number of aromatic carboxylic acids is 1. The zero-order valence-electron chi connectivity index (χ0n) is 11.6. The van der Waals surface area contributed by atoms with Crippen LogP contribution in [-0.2, 0) is 0 Å². The molecule has 0 aliphatic rings. The van der Waals surface area contributed by atoms with Crippen LogP contribution in [-0.4, -0.2) is 25.7 Å². The fraction of sp³-hybridized carbons (Fsp3) is 0.0625. The van der Waals surface area contributed by atoms with Crippen molar-refractivity contribution < 1.29 is 15.0 Å². The Hall–Kier alpha value is -3.15. The van der Waals surface area contributed by atoms with Crippen LogP contribution in [0.1, 0.15) is 15.9 Å². The van der Waals surface area contributed by atoms with Crippen molar-refractivity contribution in [1.82, 2.24) is 9.55 Å². The molecule has 3 aromatic rings. The van der Waals surface area contributed by atoms with E-state index in [1.807, 2.05) is 0 Å². The maximum absolute atomic E-state index is 12.6. The summed E-state index contributed by atoms with van der Waals surface area (Å²) in [6.07, 6.45) is 1.29. The minimum Gasteiger partial charge on any atom is -0.508 e. The summed E-state index contributed by atoms with van der Waals surface area (Å²) in [5.41, 5.74) is 1.07. The van der Waals surface area contributed by atoms with Gasteiger partial charge in [-0.25, -0.2) is 9.78 Å². The molecule has 0 bridgehead atoms. The third-order valence-corrected chi connectivity index (χ3v) is 3.38. The van der Waals surface area contributed by atoms with E-state index in [0.717, 1.165) is 5.56 Å². The Balaban J connectivity index is 2.36. The molecule has 2 aromatic carbocycles. The Bertz CT molecular complexity index is 960. The molecule has 1 heterocycles. The maximum Gasteiger partial charge on any atom is 0.337 e. The number of phenols is 1. The Labute approximate surface area is 124 Å². The van der Waals surface area contributed by atoms with Gasteiger partial charge in [0.05, 0.1) is 22.2 Å². The Morgan fingerprint density at radius 3 is 2.68 bits per heavy atom. The summed E-state index contributed by atoms with van der Waals surface area (Å²) >= 11 is 0. The number of rotatable bonds is 2. The monoisotopic (exact) mass is 296 g/mol. The molecule has 0 saturated carbocycles. The predicted molar refractivity (Wildman–Crippen MR) is 80.7 cm³/mol. The summed E-state index contributed by atoms with van der Waals surface area (Å²) in [5.74, 6) is -1.18. The number of phenolic OH excluding ortho intramolecular Hbond substituents is 1. The maximum atomic E-state index is 12.6. The van der Waals surface area contributed by atoms with Gasteiger partial charge in [-0.2, -0.15) is 0 Å². The van der Waals surface area contributed by atoms with Gasteiger partial charge in [0, 0.05) is 0 Å². The minimum absolute atomic E-state index is 0.00834. The van der Waals surface area contributed by atoms with Crippen LogP contribution >= 0.6 is 0 Å². The van der Waals surface area contributed by atoms with Crippen molar-refractivity contribution in [3.63, 3.8) is 0 Å². The second kappa shape index (κ2) is 5.00. The molecule has 0 aliphatic carbocycles. The fourth-order valence-corrected chi connectivity index (χ4v) is 2.30. The van der Waals surface area contributed by atoms with Crippen molar-refractivity contribution in [1.29, 1.82) is 0 Å². The first-order valence-corrected chi connectivity index (χ1v) is 6.52. The normalized spacial score (nSPS) is 10.8. The third kappa shape index (κ3) is 2.20. The van der Waals surface area contributed by atoms with Gasteiger partial charge in [-0.3, -0.25) is 9.36 Å². The molecule has 6 heteroatoms. The topological polar surface area (TPSA) is 92.4 Å². The van der Waals surface area contributed by atoms with Crippen molar-refractivity contribution >= 4 is 16.9 Å². The number of carboxylic acids is 1. The van der Waals surface area contributed by atoms with Gasteiger partial charge >= 0.3 is 5.97 Å². The zero-order chi connectivity index (χ0) is 15.9. The SMILES string of the molecule is Cc1ccc(C(=O)O)c(-n2cnc3ccc(O)cc3c2=O)c1. The van der Waals surface area contributed by atoms with E-state index < -0.39 is 11.5 Å². The van der Waals surface area contributed by atoms with E-state index in [4.69, 9.17) is 0 Å². The molecule has 0 amide bonds. The highest BCUT2D eigenvalue weighted by atomic mass is 16.4. The van der Waals surface area contributed by atoms with Crippen LogP contribution in [0.2, 0.25) is 0 Å². The molecule has 3 rings (SSSR count). The van der Waals surface area contributed by atoms with E-state index in [9.17, 15) is 19.8 Å². The number of carbonyl (C=O) groups is 1. The molecule has 0 saturated heterocycles. The van der Waals surface area contributed by atoms with E-state index in [-0.39, 0.29) is 22.4 Å². The lowest BCUT2D eigenvalue weighted by molar-refractivity contribution is 0.0697. The highest BCUT2D eigenvalue weighted by molar-refractivity contribution is 5.92. The van der Waals surface area contributed by atoms with E-state index in [2.05, 4.69) is 4.98 Å². The first kappa shape index (κ1) is 13.8. The van der Waals surface area contributed by atoms with Crippen molar-refractivity contribution in [3.8, 4) is 11.4 Å². The average Bonchev–Trinajstić information content (AvgIpc) is 2.48. The second-order valence-electron chi connectivity index (χ2n) is 4.95. The van der Waals surface area contributed by atoms with Crippen LogP contribution in [0.5, 0.6) is 5.75 Å². The van der Waals surface area contributed by atoms with Crippen molar-refractivity contribution in [2.24, 2.45) is 0 Å². The lowest BCUT2D eigenvalue weighted by Crippen LogP contribution is -2.21. The predicted octanol–water partition coefficient (Wildman–Crippen LogP) is 2.10. The summed E-state index contributed by atoms with van der Waals surface area (Å²) < 4.78 is 1.18. The van der Waals surface area contributed by atoms with Crippen LogP contribution in [0.4, 0.5) is 0 Å². The van der Waals surface area contributed by atoms with Gasteiger partial charge < -0.3 is 10.2 Å². The number of hydrogen-bond donors (Lipinski definition) is 2. The Kier molecular flexibility index (Phi) is 3.14. The number of aromatic hydroxyl groups is 1. The lowest BCUT2D eigenvalue weighted by atomic mass is 10.1. The fourth-order valence-electron chi connectivity index (χ4n) is 2.30. The van der Waals surface area contributed by atoms with E-state index >= 15 is 0 Å². The number of carboxylic acid groups (broad SMARTS) is 1. The number of aromatic nitrogens is 2. The molecule has 2 N–H and O–H groups in total. The number of nitrogens with zero attached hydrogens (tertiary/aromatic N) is 2. The molecule has 0 unspecified atom stereocenters. The van der Waals surface area contributed by atoms with Gasteiger partial charge in [0.25, 0.3) is 5.56 Å². The largest absolute Gasteiger partial charge is 0.508 e. The van der Waals surface area contributed by atoms with E-state index in [1.165, 1.54) is 35.2 Å². The number of benzene rings is 2. The van der Waals surface area contributed by atoms with Crippen LogP contribution < -0.4 is 5.56 Å². The van der Waals surface area contributed by atoms with Crippen LogP contribution in [0, 0.1) is 6.92 Å². The molecule has 1 aromatic heterocycles. The van der Waals surface area contributed by atoms with Gasteiger partial charge in [0.2, 0.25) is 0 Å². The van der Waals surface area contributed by atoms with Crippen LogP contribution in [0.15, 0.2) is 47.5 Å². The molecular formula is C16H12N2O4. The molecule has 110 valence electrons. The van der Waals surface area contributed by atoms with Gasteiger partial charge in [0.1, 0.15) is 12.1 Å². The summed E-state index contributed by atoms with van der Waals surface area (Å²) in [6, 6.07) is 9.02. The quantitative estimate of drug-likeness (QED) is 0.755. The number of fused-ring (bicyclic) bond motifs is 1. The van der Waals surface area contributed by atoms with E-state index in [1.54, 1.807) is 19.1 Å². The molecule has 6 nitrogen and oxygen atoms in total. The summed E-state index contributed by atoms with van der Waals surface area (Å²) in [6.45, 7) is 1.81. The van der Waals surface area contributed by atoms with Gasteiger partial charge in [-0.05, 0) is 42.8 Å². The molecular weight excluding hydrogens is 284 g/mol. The third-order valence-electron chi connectivity index (χ3n) is 3.38. The first-order valence-electron chi connectivity index (χ1n) is 6.52. The molecule has 0 aliphatic heterocycles. The van der Waals surface area contributed by atoms with Gasteiger partial charge in [-0.15, -0.1) is 0 Å². The molecule has 0 fully saturated rings. The van der Waals surface area contributed by atoms with Crippen LogP contribution in [0.3, 0.4) is 0 Å². The zero-order valence-corrected chi connectivity index (χ0v) is 11.6. The van der Waals surface area contributed by atoms with Crippen molar-refractivity contribution in [2.75, 3.05) is 0 Å². The Morgan fingerprint density at radius 1 is 1.18 bits per heavy atom. The summed E-state index contributed by atoms with van der Waals surface area (Å²) in [7, 11) is 0. The van der Waals surface area contributed by atoms with Crippen molar-refractivity contribution in [2.45, 2.75) is 6.92 Å². The summed E-state index contributed by atoms with van der Waals surface area (Å²) in [5, 5.41) is 19.0. The van der Waals surface area contributed by atoms with Crippen LogP contribution in [0.25, 0.3) is 16.6 Å². The smallest absolute Gasteiger partial charge is 0.337 e. The molecule has 0 spiro atoms. The molecule has 0 atom stereocenters. The molecule has 22 heavy (non-hydrogen) atoms. The molecule has 0 radical (unpaired) electrons. The second-order valence-corrected chi connectivity index (χ2v) is 4.95. The lowest BCUT2D eigenvalue weighted by Gasteiger charge is -2.10. The number of aryl methyl sites for hydroxylation is 1. The standard InChI is InChI=1S/C16H12N2O4/c1-9-2-4-11(16(21)22)14(6-9)18-8-17-13-5-3-10(19)7-12(13)15(18)20/h2-8,19H,1H3,(H,21,22). The van der Waals surface area contributed by atoms with Gasteiger partial charge in [-0.1, -0.05) is 6.07 Å². The van der Waals surface area contributed by atoms with Gasteiger partial charge in [0.15, 0.2) is 0 Å². The number of hydrogen-bond acceptors (Lipinski definition) is 4. The average molecular weight is 296 g/mol. The highest BCUT2D eigenvalue weighted by Gasteiger charge is 2.14. The summed E-state index contributed by atoms with van der Waals surface area (Å²) in [4.78, 5) is 28.1. The van der Waals surface area contributed by atoms with E-state index in [0.29, 0.717) is 5.52 Å². The first-order chi connectivity index (χ1) is 10.5.